The van der Waals surface area contributed by atoms with Crippen LogP contribution in [-0.4, -0.2) is 7.11 Å². The molecular weight excluding hydrogens is 366 g/mol. The van der Waals surface area contributed by atoms with Gasteiger partial charge in [-0.25, -0.2) is 0 Å². The Kier molecular flexibility index (Phi) is 5.88. The molecule has 3 nitrogen and oxygen atoms in total. The average molecular weight is 379 g/mol. The summed E-state index contributed by atoms with van der Waals surface area (Å²) in [4.78, 5) is 0. The monoisotopic (exact) mass is 377 g/mol. The van der Waals surface area contributed by atoms with Gasteiger partial charge in [-0.3, -0.25) is 0 Å². The third-order valence-corrected chi connectivity index (χ3v) is 3.89. The van der Waals surface area contributed by atoms with Crippen molar-refractivity contribution in [3.63, 3.8) is 0 Å². The van der Waals surface area contributed by atoms with E-state index < -0.39 is 0 Å². The van der Waals surface area contributed by atoms with E-state index in [0.29, 0.717) is 23.1 Å². The summed E-state index contributed by atoms with van der Waals surface area (Å²) in [6.07, 6.45) is 3.11. The molecule has 112 valence electrons. The van der Waals surface area contributed by atoms with Gasteiger partial charge in [0.05, 0.1) is 17.7 Å². The van der Waals surface area contributed by atoms with E-state index in [-0.39, 0.29) is 0 Å². The minimum Gasteiger partial charge on any atom is -0.493 e. The van der Waals surface area contributed by atoms with E-state index in [1.807, 2.05) is 36.4 Å². The molecule has 0 spiro atoms. The fourth-order valence-electron chi connectivity index (χ4n) is 1.87. The molecule has 0 aliphatic carbocycles. The van der Waals surface area contributed by atoms with Gasteiger partial charge in [-0.1, -0.05) is 29.8 Å². The van der Waals surface area contributed by atoms with E-state index in [1.165, 1.54) is 6.08 Å². The molecule has 0 aromatic heterocycles. The second kappa shape index (κ2) is 7.88. The van der Waals surface area contributed by atoms with Gasteiger partial charge in [-0.2, -0.15) is 5.26 Å². The number of hydrogen-bond donors (Lipinski definition) is 0. The summed E-state index contributed by atoms with van der Waals surface area (Å²) >= 11 is 9.59. The zero-order chi connectivity index (χ0) is 15.9. The van der Waals surface area contributed by atoms with Gasteiger partial charge >= 0.3 is 0 Å². The lowest BCUT2D eigenvalue weighted by Gasteiger charge is -2.14. The number of ether oxygens (including phenoxy) is 2. The Morgan fingerprint density at radius 1 is 1.32 bits per heavy atom. The highest BCUT2D eigenvalue weighted by atomic mass is 79.9. The summed E-state index contributed by atoms with van der Waals surface area (Å²) in [5.41, 5.74) is 1.74. The van der Waals surface area contributed by atoms with Crippen LogP contribution in [0.4, 0.5) is 0 Å². The van der Waals surface area contributed by atoms with Gasteiger partial charge < -0.3 is 9.47 Å². The number of hydrogen-bond acceptors (Lipinski definition) is 3. The van der Waals surface area contributed by atoms with Crippen molar-refractivity contribution in [1.29, 1.82) is 5.26 Å². The number of nitriles is 1. The van der Waals surface area contributed by atoms with E-state index in [2.05, 4.69) is 15.9 Å². The van der Waals surface area contributed by atoms with Crippen LogP contribution < -0.4 is 9.47 Å². The van der Waals surface area contributed by atoms with E-state index in [0.717, 1.165) is 15.6 Å². The Hall–Kier alpha value is -1.96. The highest BCUT2D eigenvalue weighted by Crippen LogP contribution is 2.37. The zero-order valence-corrected chi connectivity index (χ0v) is 14.2. The lowest BCUT2D eigenvalue weighted by atomic mass is 10.2. The fourth-order valence-corrected chi connectivity index (χ4v) is 2.64. The van der Waals surface area contributed by atoms with E-state index >= 15 is 0 Å². The van der Waals surface area contributed by atoms with Crippen molar-refractivity contribution in [2.75, 3.05) is 7.11 Å². The first kappa shape index (κ1) is 16.4. The number of allylic oxidation sites excluding steroid dienone is 1. The second-order valence-corrected chi connectivity index (χ2v) is 5.64. The van der Waals surface area contributed by atoms with Crippen molar-refractivity contribution in [2.24, 2.45) is 0 Å². The lowest BCUT2D eigenvalue weighted by Crippen LogP contribution is -1.99. The van der Waals surface area contributed by atoms with Crippen molar-refractivity contribution in [1.82, 2.24) is 0 Å². The van der Waals surface area contributed by atoms with Crippen molar-refractivity contribution >= 4 is 33.6 Å². The number of methoxy groups -OCH3 is 1. The summed E-state index contributed by atoms with van der Waals surface area (Å²) in [5.74, 6) is 1.18. The van der Waals surface area contributed by atoms with Gasteiger partial charge in [0.1, 0.15) is 6.61 Å². The quantitative estimate of drug-likeness (QED) is 0.669. The molecule has 0 saturated carbocycles. The molecule has 2 aromatic carbocycles. The highest BCUT2D eigenvalue weighted by Gasteiger charge is 2.12. The van der Waals surface area contributed by atoms with Crippen LogP contribution in [0.3, 0.4) is 0 Å². The maximum atomic E-state index is 8.60. The molecule has 2 aromatic rings. The zero-order valence-electron chi connectivity index (χ0n) is 11.8. The molecule has 0 aliphatic rings. The van der Waals surface area contributed by atoms with E-state index in [9.17, 15) is 0 Å². The molecule has 0 saturated heterocycles. The summed E-state index contributed by atoms with van der Waals surface area (Å²) in [7, 11) is 1.57. The molecule has 0 unspecified atom stereocenters. The molecule has 0 bridgehead atoms. The fraction of sp³-hybridized carbons (Fsp3) is 0.118. The van der Waals surface area contributed by atoms with Crippen LogP contribution in [0, 0.1) is 11.3 Å². The van der Waals surface area contributed by atoms with Crippen molar-refractivity contribution < 1.29 is 9.47 Å². The van der Waals surface area contributed by atoms with E-state index in [1.54, 1.807) is 19.3 Å². The summed E-state index contributed by atoms with van der Waals surface area (Å²) < 4.78 is 11.9. The Morgan fingerprint density at radius 3 is 2.77 bits per heavy atom. The van der Waals surface area contributed by atoms with Gasteiger partial charge in [0.15, 0.2) is 11.5 Å². The largest absolute Gasteiger partial charge is 0.493 e. The third-order valence-electron chi connectivity index (χ3n) is 2.93. The van der Waals surface area contributed by atoms with Crippen LogP contribution in [0.2, 0.25) is 5.02 Å². The van der Waals surface area contributed by atoms with Gasteiger partial charge in [0.25, 0.3) is 0 Å². The van der Waals surface area contributed by atoms with Crippen LogP contribution in [0.1, 0.15) is 11.1 Å². The number of rotatable bonds is 5. The SMILES string of the molecule is COc1cc(C=CC#N)cc(Br)c1OCc1ccccc1Cl. The summed E-state index contributed by atoms with van der Waals surface area (Å²) in [6, 6.07) is 13.1. The van der Waals surface area contributed by atoms with Crippen LogP contribution in [-0.2, 0) is 6.61 Å². The van der Waals surface area contributed by atoms with Gasteiger partial charge in [0, 0.05) is 16.7 Å². The minimum atomic E-state index is 0.335. The predicted octanol–water partition coefficient (Wildman–Crippen LogP) is 5.23. The molecule has 0 atom stereocenters. The van der Waals surface area contributed by atoms with Crippen LogP contribution in [0.25, 0.3) is 6.08 Å². The molecule has 0 radical (unpaired) electrons. The Labute approximate surface area is 142 Å². The molecule has 22 heavy (non-hydrogen) atoms. The van der Waals surface area contributed by atoms with Crippen LogP contribution in [0.15, 0.2) is 46.9 Å². The predicted molar refractivity (Wildman–Crippen MR) is 91.1 cm³/mol. The van der Waals surface area contributed by atoms with Gasteiger partial charge in [0.2, 0.25) is 0 Å². The molecule has 5 heteroatoms. The third kappa shape index (κ3) is 4.03. The van der Waals surface area contributed by atoms with Crippen molar-refractivity contribution in [3.8, 4) is 17.6 Å². The molecule has 0 aliphatic heterocycles. The summed E-state index contributed by atoms with van der Waals surface area (Å²) in [5, 5.41) is 9.26. The lowest BCUT2D eigenvalue weighted by molar-refractivity contribution is 0.282. The minimum absolute atomic E-state index is 0.335. The smallest absolute Gasteiger partial charge is 0.175 e. The van der Waals surface area contributed by atoms with Crippen LogP contribution in [0.5, 0.6) is 11.5 Å². The molecule has 2 rings (SSSR count). The molecule has 0 amide bonds. The normalized spacial score (nSPS) is 10.5. The molecular formula is C17H13BrClNO2. The van der Waals surface area contributed by atoms with Crippen molar-refractivity contribution in [3.05, 3.63) is 63.1 Å². The Bertz CT molecular complexity index is 738. The Morgan fingerprint density at radius 2 is 2.09 bits per heavy atom. The number of halogens is 2. The molecule has 0 N–H and O–H groups in total. The Balaban J connectivity index is 2.25. The van der Waals surface area contributed by atoms with E-state index in [4.69, 9.17) is 26.3 Å². The van der Waals surface area contributed by atoms with Gasteiger partial charge in [-0.05, 0) is 45.8 Å². The average Bonchev–Trinajstić information content (AvgIpc) is 2.52. The first-order valence-electron chi connectivity index (χ1n) is 6.45. The van der Waals surface area contributed by atoms with Crippen LogP contribution >= 0.6 is 27.5 Å². The summed E-state index contributed by atoms with van der Waals surface area (Å²) in [6.45, 7) is 0.335. The number of nitrogens with zero attached hydrogens (tertiary/aromatic N) is 1. The molecule has 0 fully saturated rings. The first-order valence-corrected chi connectivity index (χ1v) is 7.62. The van der Waals surface area contributed by atoms with Crippen molar-refractivity contribution in [2.45, 2.75) is 6.61 Å². The first-order chi connectivity index (χ1) is 10.7. The second-order valence-electron chi connectivity index (χ2n) is 4.38. The number of benzene rings is 2. The molecule has 0 heterocycles. The highest BCUT2D eigenvalue weighted by molar-refractivity contribution is 9.10. The topological polar surface area (TPSA) is 42.2 Å². The van der Waals surface area contributed by atoms with Gasteiger partial charge in [-0.15, -0.1) is 0 Å². The standard InChI is InChI=1S/C17H13BrClNO2/c1-21-16-10-12(5-4-8-20)9-14(18)17(16)22-11-13-6-2-3-7-15(13)19/h2-7,9-10H,11H2,1H3. The maximum absolute atomic E-state index is 8.60. The maximum Gasteiger partial charge on any atom is 0.175 e.